The molecule has 4 nitrogen and oxygen atoms in total. The second-order valence-electron chi connectivity index (χ2n) is 6.51. The van der Waals surface area contributed by atoms with E-state index >= 15 is 0 Å². The number of aromatic nitrogens is 2. The molecule has 1 aliphatic heterocycles. The van der Waals surface area contributed by atoms with Gasteiger partial charge in [0, 0.05) is 31.2 Å². The first-order chi connectivity index (χ1) is 10.2. The average molecular weight is 356 g/mol. The number of halogens is 1. The van der Waals surface area contributed by atoms with Gasteiger partial charge in [-0.05, 0) is 55.0 Å². The van der Waals surface area contributed by atoms with Gasteiger partial charge in [-0.1, -0.05) is 6.92 Å². The molecule has 118 valence electrons. The van der Waals surface area contributed by atoms with E-state index in [1.165, 1.54) is 28.7 Å². The van der Waals surface area contributed by atoms with Gasteiger partial charge in [-0.2, -0.15) is 5.10 Å². The maximum absolute atomic E-state index is 5.75. The molecule has 1 atom stereocenters. The minimum absolute atomic E-state index is 0.239. The molecule has 2 aliphatic rings. The van der Waals surface area contributed by atoms with Gasteiger partial charge in [-0.25, -0.2) is 0 Å². The predicted molar refractivity (Wildman–Crippen MR) is 87.6 cm³/mol. The zero-order valence-corrected chi connectivity index (χ0v) is 14.7. The molecule has 21 heavy (non-hydrogen) atoms. The van der Waals surface area contributed by atoms with Crippen LogP contribution in [0.25, 0.3) is 0 Å². The molecule has 1 aromatic heterocycles. The first-order valence-electron chi connectivity index (χ1n) is 8.22. The minimum atomic E-state index is 0.239. The Morgan fingerprint density at radius 2 is 2.24 bits per heavy atom. The van der Waals surface area contributed by atoms with E-state index in [1.807, 2.05) is 0 Å². The Morgan fingerprint density at radius 1 is 1.43 bits per heavy atom. The second-order valence-corrected chi connectivity index (χ2v) is 7.30. The van der Waals surface area contributed by atoms with E-state index in [-0.39, 0.29) is 5.41 Å². The number of hydrogen-bond donors (Lipinski definition) is 1. The Morgan fingerprint density at radius 3 is 2.81 bits per heavy atom. The van der Waals surface area contributed by atoms with Crippen molar-refractivity contribution in [1.82, 2.24) is 15.1 Å². The van der Waals surface area contributed by atoms with Crippen molar-refractivity contribution < 1.29 is 4.74 Å². The van der Waals surface area contributed by atoms with Crippen molar-refractivity contribution in [2.24, 2.45) is 5.41 Å². The van der Waals surface area contributed by atoms with Gasteiger partial charge < -0.3 is 10.1 Å². The summed E-state index contributed by atoms with van der Waals surface area (Å²) in [6, 6.07) is 0.758. The highest BCUT2D eigenvalue weighted by Gasteiger charge is 2.38. The Bertz CT molecular complexity index is 490. The molecule has 1 aliphatic carbocycles. The van der Waals surface area contributed by atoms with Crippen LogP contribution in [0.2, 0.25) is 0 Å². The second kappa shape index (κ2) is 6.39. The third kappa shape index (κ3) is 3.35. The van der Waals surface area contributed by atoms with Gasteiger partial charge in [0.05, 0.1) is 22.5 Å². The van der Waals surface area contributed by atoms with Crippen molar-refractivity contribution in [3.8, 4) is 0 Å². The maximum atomic E-state index is 5.75. The van der Waals surface area contributed by atoms with Crippen molar-refractivity contribution in [1.29, 1.82) is 0 Å². The van der Waals surface area contributed by atoms with Gasteiger partial charge in [0.1, 0.15) is 0 Å². The summed E-state index contributed by atoms with van der Waals surface area (Å²) in [5, 5.41) is 8.45. The first kappa shape index (κ1) is 15.5. The van der Waals surface area contributed by atoms with Crippen molar-refractivity contribution in [2.75, 3.05) is 19.8 Å². The summed E-state index contributed by atoms with van der Waals surface area (Å²) in [5.74, 6) is 0. The molecular formula is C16H26BrN3O. The van der Waals surface area contributed by atoms with Crippen molar-refractivity contribution in [3.05, 3.63) is 15.9 Å². The minimum Gasteiger partial charge on any atom is -0.381 e. The Labute approximate surface area is 135 Å². The van der Waals surface area contributed by atoms with Crippen LogP contribution < -0.4 is 5.32 Å². The van der Waals surface area contributed by atoms with E-state index in [4.69, 9.17) is 9.84 Å². The SMILES string of the molecule is CCc1nn(CC)c(CC2(CNC3CC3)CCOC2)c1Br. The summed E-state index contributed by atoms with van der Waals surface area (Å²) in [7, 11) is 0. The molecule has 1 saturated heterocycles. The van der Waals surface area contributed by atoms with E-state index in [0.29, 0.717) is 0 Å². The van der Waals surface area contributed by atoms with Gasteiger partial charge in [0.2, 0.25) is 0 Å². The summed E-state index contributed by atoms with van der Waals surface area (Å²) >= 11 is 3.78. The van der Waals surface area contributed by atoms with Crippen LogP contribution >= 0.6 is 15.9 Å². The fraction of sp³-hybridized carbons (Fsp3) is 0.812. The van der Waals surface area contributed by atoms with Crippen LogP contribution in [0.4, 0.5) is 0 Å². The average Bonchev–Trinajstić information content (AvgIpc) is 3.14. The summed E-state index contributed by atoms with van der Waals surface area (Å²) in [6.45, 7) is 8.10. The molecule has 3 rings (SSSR count). The maximum Gasteiger partial charge on any atom is 0.0766 e. The molecule has 0 spiro atoms. The van der Waals surface area contributed by atoms with Crippen LogP contribution in [-0.4, -0.2) is 35.6 Å². The zero-order chi connectivity index (χ0) is 14.9. The van der Waals surface area contributed by atoms with Gasteiger partial charge in [-0.3, -0.25) is 4.68 Å². The lowest BCUT2D eigenvalue weighted by molar-refractivity contribution is 0.147. The standard InChI is InChI=1S/C16H26BrN3O/c1-3-13-15(17)14(20(4-2)19-13)9-16(7-8-21-11-16)10-18-12-5-6-12/h12,18H,3-11H2,1-2H3. The highest BCUT2D eigenvalue weighted by Crippen LogP contribution is 2.36. The highest BCUT2D eigenvalue weighted by atomic mass is 79.9. The fourth-order valence-electron chi connectivity index (χ4n) is 3.18. The summed E-state index contributed by atoms with van der Waals surface area (Å²) in [4.78, 5) is 0. The van der Waals surface area contributed by atoms with Crippen molar-refractivity contribution in [3.63, 3.8) is 0 Å². The van der Waals surface area contributed by atoms with Crippen molar-refractivity contribution in [2.45, 2.75) is 58.5 Å². The van der Waals surface area contributed by atoms with Crippen LogP contribution in [0.3, 0.4) is 0 Å². The summed E-state index contributed by atoms with van der Waals surface area (Å²) in [5.41, 5.74) is 2.76. The number of nitrogens with zero attached hydrogens (tertiary/aromatic N) is 2. The van der Waals surface area contributed by atoms with Gasteiger partial charge >= 0.3 is 0 Å². The van der Waals surface area contributed by atoms with Gasteiger partial charge in [-0.15, -0.1) is 0 Å². The zero-order valence-electron chi connectivity index (χ0n) is 13.1. The molecule has 0 radical (unpaired) electrons. The van der Waals surface area contributed by atoms with Crippen LogP contribution in [0.1, 0.15) is 44.5 Å². The molecule has 1 aromatic rings. The predicted octanol–water partition coefficient (Wildman–Crippen LogP) is 2.93. The monoisotopic (exact) mass is 355 g/mol. The quantitative estimate of drug-likeness (QED) is 0.817. The normalized spacial score (nSPS) is 25.7. The molecule has 1 unspecified atom stereocenters. The summed E-state index contributed by atoms with van der Waals surface area (Å²) < 4.78 is 9.13. The number of nitrogens with one attached hydrogen (secondary N) is 1. The van der Waals surface area contributed by atoms with Gasteiger partial charge in [0.25, 0.3) is 0 Å². The lowest BCUT2D eigenvalue weighted by Crippen LogP contribution is -2.38. The lowest BCUT2D eigenvalue weighted by Gasteiger charge is -2.28. The topological polar surface area (TPSA) is 39.1 Å². The molecule has 1 saturated carbocycles. The molecule has 2 heterocycles. The molecule has 0 aromatic carbocycles. The number of aryl methyl sites for hydroxylation is 2. The molecular weight excluding hydrogens is 330 g/mol. The Hall–Kier alpha value is -0.390. The first-order valence-corrected chi connectivity index (χ1v) is 9.02. The van der Waals surface area contributed by atoms with Gasteiger partial charge in [0.15, 0.2) is 0 Å². The number of hydrogen-bond acceptors (Lipinski definition) is 3. The molecule has 5 heteroatoms. The van der Waals surface area contributed by atoms with E-state index in [0.717, 1.165) is 51.6 Å². The van der Waals surface area contributed by atoms with Crippen LogP contribution in [0.5, 0.6) is 0 Å². The number of ether oxygens (including phenoxy) is 1. The highest BCUT2D eigenvalue weighted by molar-refractivity contribution is 9.10. The largest absolute Gasteiger partial charge is 0.381 e. The lowest BCUT2D eigenvalue weighted by atomic mass is 9.82. The van der Waals surface area contributed by atoms with Crippen LogP contribution in [0.15, 0.2) is 4.47 Å². The van der Waals surface area contributed by atoms with Crippen molar-refractivity contribution >= 4 is 15.9 Å². The van der Waals surface area contributed by atoms with Crippen LogP contribution in [-0.2, 0) is 24.1 Å². The fourth-order valence-corrected chi connectivity index (χ4v) is 3.89. The van der Waals surface area contributed by atoms with E-state index in [1.54, 1.807) is 0 Å². The van der Waals surface area contributed by atoms with E-state index in [2.05, 4.69) is 39.8 Å². The number of rotatable bonds is 7. The third-order valence-electron chi connectivity index (χ3n) is 4.76. The molecule has 0 amide bonds. The Kier molecular flexibility index (Phi) is 4.71. The molecule has 2 fully saturated rings. The summed E-state index contributed by atoms with van der Waals surface area (Å²) in [6.07, 6.45) is 5.86. The smallest absolute Gasteiger partial charge is 0.0766 e. The van der Waals surface area contributed by atoms with E-state index in [9.17, 15) is 0 Å². The van der Waals surface area contributed by atoms with Crippen LogP contribution in [0, 0.1) is 5.41 Å². The molecule has 1 N–H and O–H groups in total. The Balaban J connectivity index is 1.79. The molecule has 0 bridgehead atoms. The third-order valence-corrected chi connectivity index (χ3v) is 5.68. The van der Waals surface area contributed by atoms with E-state index < -0.39 is 0 Å².